The third-order valence-electron chi connectivity index (χ3n) is 3.26. The number of carbonyl (C=O) groups excluding carboxylic acids is 2. The second-order valence-electron chi connectivity index (χ2n) is 5.16. The molecule has 6 heteroatoms. The Kier molecular flexibility index (Phi) is 8.39. The molecule has 0 aromatic heterocycles. The van der Waals surface area contributed by atoms with Crippen LogP contribution in [-0.2, 0) is 14.3 Å². The first-order chi connectivity index (χ1) is 11.5. The average Bonchev–Trinajstić information content (AvgIpc) is 2.59. The molecule has 0 spiro atoms. The van der Waals surface area contributed by atoms with Crippen molar-refractivity contribution >= 4 is 18.0 Å². The predicted octanol–water partition coefficient (Wildman–Crippen LogP) is 2.57. The molecule has 0 heterocycles. The lowest BCUT2D eigenvalue weighted by Crippen LogP contribution is -2.35. The zero-order chi connectivity index (χ0) is 17.9. The number of rotatable bonds is 9. The molecule has 1 atom stereocenters. The lowest BCUT2D eigenvalue weighted by Gasteiger charge is -2.10. The first kappa shape index (κ1) is 19.5. The largest absolute Gasteiger partial charge is 0.493 e. The molecule has 0 aliphatic heterocycles. The number of methoxy groups -OCH3 is 1. The van der Waals surface area contributed by atoms with Crippen LogP contribution in [0.2, 0.25) is 0 Å². The van der Waals surface area contributed by atoms with E-state index in [-0.39, 0.29) is 18.6 Å². The maximum Gasteiger partial charge on any atom is 0.331 e. The van der Waals surface area contributed by atoms with Gasteiger partial charge in [0, 0.05) is 12.1 Å². The number of amides is 1. The quantitative estimate of drug-likeness (QED) is 0.554. The first-order valence-electron chi connectivity index (χ1n) is 7.95. The molecular weight excluding hydrogens is 310 g/mol. The Hall–Kier alpha value is -2.50. The van der Waals surface area contributed by atoms with E-state index in [0.717, 1.165) is 12.0 Å². The predicted molar refractivity (Wildman–Crippen MR) is 92.1 cm³/mol. The van der Waals surface area contributed by atoms with Crippen molar-refractivity contribution in [1.82, 2.24) is 5.32 Å². The van der Waals surface area contributed by atoms with E-state index in [2.05, 4.69) is 5.32 Å². The van der Waals surface area contributed by atoms with Crippen molar-refractivity contribution in [2.45, 2.75) is 33.2 Å². The third-order valence-corrected chi connectivity index (χ3v) is 3.26. The van der Waals surface area contributed by atoms with Crippen LogP contribution in [0.5, 0.6) is 11.5 Å². The molecule has 0 fully saturated rings. The van der Waals surface area contributed by atoms with Gasteiger partial charge in [0.05, 0.1) is 13.7 Å². The monoisotopic (exact) mass is 335 g/mol. The fraction of sp³-hybridized carbons (Fsp3) is 0.444. The summed E-state index contributed by atoms with van der Waals surface area (Å²) in [5.41, 5.74) is 0.760. The summed E-state index contributed by atoms with van der Waals surface area (Å²) in [6, 6.07) is 5.38. The van der Waals surface area contributed by atoms with E-state index in [1.54, 1.807) is 31.4 Å². The van der Waals surface area contributed by atoms with Gasteiger partial charge in [0.1, 0.15) is 0 Å². The minimum atomic E-state index is -0.581. The second-order valence-corrected chi connectivity index (χ2v) is 5.16. The van der Waals surface area contributed by atoms with Crippen molar-refractivity contribution in [2.24, 2.45) is 0 Å². The van der Waals surface area contributed by atoms with Gasteiger partial charge in [-0.1, -0.05) is 13.0 Å². The summed E-state index contributed by atoms with van der Waals surface area (Å²) in [6.45, 7) is 5.99. The molecular formula is C18H25NO5. The summed E-state index contributed by atoms with van der Waals surface area (Å²) in [6.07, 6.45) is 3.68. The summed E-state index contributed by atoms with van der Waals surface area (Å²) in [5.74, 6) is 0.331. The fourth-order valence-electron chi connectivity index (χ4n) is 1.83. The highest BCUT2D eigenvalue weighted by Gasteiger charge is 2.08. The van der Waals surface area contributed by atoms with Gasteiger partial charge in [0.15, 0.2) is 18.1 Å². The highest BCUT2D eigenvalue weighted by atomic mass is 16.5. The van der Waals surface area contributed by atoms with Crippen molar-refractivity contribution in [2.75, 3.05) is 20.3 Å². The van der Waals surface area contributed by atoms with E-state index in [0.29, 0.717) is 18.1 Å². The molecule has 0 aliphatic rings. The molecule has 1 amide bonds. The number of esters is 1. The summed E-state index contributed by atoms with van der Waals surface area (Å²) in [7, 11) is 1.55. The third kappa shape index (κ3) is 6.73. The summed E-state index contributed by atoms with van der Waals surface area (Å²) in [5, 5.41) is 2.72. The second kappa shape index (κ2) is 10.3. The fourth-order valence-corrected chi connectivity index (χ4v) is 1.83. The Morgan fingerprint density at radius 1 is 1.25 bits per heavy atom. The van der Waals surface area contributed by atoms with Crippen molar-refractivity contribution in [1.29, 1.82) is 0 Å². The molecule has 24 heavy (non-hydrogen) atoms. The Balaban J connectivity index is 2.56. The molecule has 0 unspecified atom stereocenters. The molecule has 6 nitrogen and oxygen atoms in total. The number of ether oxygens (including phenoxy) is 3. The lowest BCUT2D eigenvalue weighted by atomic mass is 10.2. The summed E-state index contributed by atoms with van der Waals surface area (Å²) in [4.78, 5) is 23.2. The molecule has 1 N–H and O–H groups in total. The van der Waals surface area contributed by atoms with Crippen LogP contribution in [0.3, 0.4) is 0 Å². The Bertz CT molecular complexity index is 583. The van der Waals surface area contributed by atoms with E-state index in [1.807, 2.05) is 20.8 Å². The number of nitrogens with one attached hydrogen (secondary N) is 1. The summed E-state index contributed by atoms with van der Waals surface area (Å²) < 4.78 is 15.6. The van der Waals surface area contributed by atoms with Crippen molar-refractivity contribution in [3.63, 3.8) is 0 Å². The Labute approximate surface area is 142 Å². The van der Waals surface area contributed by atoms with Crippen LogP contribution in [0.1, 0.15) is 32.8 Å². The minimum absolute atomic E-state index is 0.0584. The average molecular weight is 335 g/mol. The van der Waals surface area contributed by atoms with Crippen LogP contribution in [0, 0.1) is 0 Å². The molecule has 0 bridgehead atoms. The number of carbonyl (C=O) groups is 2. The Morgan fingerprint density at radius 3 is 2.62 bits per heavy atom. The molecule has 0 saturated heterocycles. The SMILES string of the molecule is CCOc1ccc(/C=C/C(=O)OCC(=O)N[C@@H](C)CC)cc1OC. The van der Waals surface area contributed by atoms with Gasteiger partial charge in [-0.2, -0.15) is 0 Å². The van der Waals surface area contributed by atoms with Crippen molar-refractivity contribution < 1.29 is 23.8 Å². The van der Waals surface area contributed by atoms with Crippen LogP contribution in [0.4, 0.5) is 0 Å². The standard InChI is InChI=1S/C18H25NO5/c1-5-13(3)19-17(20)12-24-18(21)10-8-14-7-9-15(23-6-2)16(11-14)22-4/h7-11,13H,5-6,12H2,1-4H3,(H,19,20)/b10-8+/t13-/m0/s1. The maximum atomic E-state index is 11.7. The maximum absolute atomic E-state index is 11.7. The topological polar surface area (TPSA) is 73.9 Å². The van der Waals surface area contributed by atoms with Gasteiger partial charge in [-0.15, -0.1) is 0 Å². The van der Waals surface area contributed by atoms with Crippen LogP contribution in [-0.4, -0.2) is 38.2 Å². The zero-order valence-corrected chi connectivity index (χ0v) is 14.6. The molecule has 0 aliphatic carbocycles. The van der Waals surface area contributed by atoms with Crippen LogP contribution in [0.25, 0.3) is 6.08 Å². The zero-order valence-electron chi connectivity index (χ0n) is 14.6. The molecule has 1 aromatic carbocycles. The van der Waals surface area contributed by atoms with Gasteiger partial charge < -0.3 is 19.5 Å². The van der Waals surface area contributed by atoms with Crippen LogP contribution < -0.4 is 14.8 Å². The van der Waals surface area contributed by atoms with E-state index < -0.39 is 5.97 Å². The van der Waals surface area contributed by atoms with Gasteiger partial charge in [-0.3, -0.25) is 4.79 Å². The summed E-state index contributed by atoms with van der Waals surface area (Å²) >= 11 is 0. The van der Waals surface area contributed by atoms with Crippen LogP contribution in [0.15, 0.2) is 24.3 Å². The van der Waals surface area contributed by atoms with Gasteiger partial charge in [0.2, 0.25) is 0 Å². The number of hydrogen-bond donors (Lipinski definition) is 1. The molecule has 1 rings (SSSR count). The first-order valence-corrected chi connectivity index (χ1v) is 7.95. The van der Waals surface area contributed by atoms with Crippen molar-refractivity contribution in [3.8, 4) is 11.5 Å². The van der Waals surface area contributed by atoms with E-state index in [1.165, 1.54) is 6.08 Å². The molecule has 1 aromatic rings. The number of hydrogen-bond acceptors (Lipinski definition) is 5. The highest BCUT2D eigenvalue weighted by molar-refractivity contribution is 5.89. The molecule has 0 radical (unpaired) electrons. The molecule has 132 valence electrons. The lowest BCUT2D eigenvalue weighted by molar-refractivity contribution is -0.144. The van der Waals surface area contributed by atoms with Gasteiger partial charge in [-0.05, 0) is 44.0 Å². The van der Waals surface area contributed by atoms with Gasteiger partial charge in [-0.25, -0.2) is 4.79 Å². The van der Waals surface area contributed by atoms with Crippen molar-refractivity contribution in [3.05, 3.63) is 29.8 Å². The van der Waals surface area contributed by atoms with Gasteiger partial charge in [0.25, 0.3) is 5.91 Å². The van der Waals surface area contributed by atoms with E-state index >= 15 is 0 Å². The normalized spacial score (nSPS) is 11.8. The molecule has 0 saturated carbocycles. The smallest absolute Gasteiger partial charge is 0.331 e. The highest BCUT2D eigenvalue weighted by Crippen LogP contribution is 2.28. The van der Waals surface area contributed by atoms with E-state index in [9.17, 15) is 9.59 Å². The van der Waals surface area contributed by atoms with Gasteiger partial charge >= 0.3 is 5.97 Å². The van der Waals surface area contributed by atoms with Crippen LogP contribution >= 0.6 is 0 Å². The number of benzene rings is 1. The van der Waals surface area contributed by atoms with E-state index in [4.69, 9.17) is 14.2 Å². The Morgan fingerprint density at radius 2 is 2.00 bits per heavy atom. The minimum Gasteiger partial charge on any atom is -0.493 e.